The molecule has 1 aliphatic rings. The standard InChI is InChI=1S/C14H20ClN3O/c1-4-14(5-2)6-7-18(9-14)13-11(8-19)12(15)16-10(3)17-13/h8H,4-7,9H2,1-3H3. The van der Waals surface area contributed by atoms with Gasteiger partial charge in [-0.1, -0.05) is 25.4 Å². The molecule has 19 heavy (non-hydrogen) atoms. The van der Waals surface area contributed by atoms with Crippen molar-refractivity contribution in [1.82, 2.24) is 9.97 Å². The van der Waals surface area contributed by atoms with E-state index in [0.29, 0.717) is 22.6 Å². The van der Waals surface area contributed by atoms with Crippen LogP contribution in [0.15, 0.2) is 0 Å². The summed E-state index contributed by atoms with van der Waals surface area (Å²) in [5, 5.41) is 0.253. The lowest BCUT2D eigenvalue weighted by Gasteiger charge is -2.27. The summed E-state index contributed by atoms with van der Waals surface area (Å²) < 4.78 is 0. The van der Waals surface area contributed by atoms with Gasteiger partial charge in [-0.15, -0.1) is 0 Å². The molecule has 0 saturated carbocycles. The fraction of sp³-hybridized carbons (Fsp3) is 0.643. The number of hydrogen-bond donors (Lipinski definition) is 0. The molecule has 0 atom stereocenters. The normalized spacial score (nSPS) is 17.8. The van der Waals surface area contributed by atoms with E-state index in [0.717, 1.165) is 38.6 Å². The minimum atomic E-state index is 0.253. The van der Waals surface area contributed by atoms with Gasteiger partial charge in [0.05, 0.1) is 5.56 Å². The van der Waals surface area contributed by atoms with E-state index in [4.69, 9.17) is 11.6 Å². The molecule has 0 amide bonds. The third-order valence-corrected chi connectivity index (χ3v) is 4.63. The first-order valence-corrected chi connectivity index (χ1v) is 7.17. The number of aldehydes is 1. The number of carbonyl (C=O) groups excluding carboxylic acids is 1. The number of rotatable bonds is 4. The van der Waals surface area contributed by atoms with Crippen LogP contribution in [0.4, 0.5) is 5.82 Å². The van der Waals surface area contributed by atoms with Gasteiger partial charge in [-0.2, -0.15) is 0 Å². The zero-order chi connectivity index (χ0) is 14.0. The van der Waals surface area contributed by atoms with Crippen LogP contribution in [0.3, 0.4) is 0 Å². The van der Waals surface area contributed by atoms with E-state index in [1.165, 1.54) is 0 Å². The zero-order valence-electron chi connectivity index (χ0n) is 11.7. The van der Waals surface area contributed by atoms with Gasteiger partial charge in [0.25, 0.3) is 0 Å². The molecule has 2 heterocycles. The van der Waals surface area contributed by atoms with Crippen LogP contribution in [0.25, 0.3) is 0 Å². The molecule has 5 heteroatoms. The van der Waals surface area contributed by atoms with Crippen molar-refractivity contribution >= 4 is 23.7 Å². The van der Waals surface area contributed by atoms with Gasteiger partial charge in [0.2, 0.25) is 0 Å². The van der Waals surface area contributed by atoms with Crippen molar-refractivity contribution in [3.8, 4) is 0 Å². The molecule has 4 nitrogen and oxygen atoms in total. The van der Waals surface area contributed by atoms with Gasteiger partial charge >= 0.3 is 0 Å². The summed E-state index contributed by atoms with van der Waals surface area (Å²) >= 11 is 6.04. The topological polar surface area (TPSA) is 46.1 Å². The first kappa shape index (κ1) is 14.3. The highest BCUT2D eigenvalue weighted by Crippen LogP contribution is 2.39. The van der Waals surface area contributed by atoms with Crippen LogP contribution in [0.1, 0.15) is 49.3 Å². The second-order valence-corrected chi connectivity index (χ2v) is 5.65. The monoisotopic (exact) mass is 281 g/mol. The Balaban J connectivity index is 2.36. The van der Waals surface area contributed by atoms with Gasteiger partial charge in [-0.05, 0) is 31.6 Å². The zero-order valence-corrected chi connectivity index (χ0v) is 12.5. The summed E-state index contributed by atoms with van der Waals surface area (Å²) in [6, 6.07) is 0. The molecule has 0 aromatic carbocycles. The van der Waals surface area contributed by atoms with E-state index in [9.17, 15) is 4.79 Å². The first-order chi connectivity index (χ1) is 9.05. The molecule has 1 aromatic rings. The number of aromatic nitrogens is 2. The van der Waals surface area contributed by atoms with E-state index in [2.05, 4.69) is 28.7 Å². The lowest BCUT2D eigenvalue weighted by molar-refractivity contribution is 0.112. The third kappa shape index (κ3) is 2.59. The van der Waals surface area contributed by atoms with Crippen molar-refractivity contribution in [2.45, 2.75) is 40.0 Å². The van der Waals surface area contributed by atoms with Crippen LogP contribution in [-0.2, 0) is 0 Å². The molecule has 0 unspecified atom stereocenters. The summed E-state index contributed by atoms with van der Waals surface area (Å²) in [5.41, 5.74) is 0.751. The summed E-state index contributed by atoms with van der Waals surface area (Å²) in [4.78, 5) is 21.9. The number of carbonyl (C=O) groups is 1. The second kappa shape index (κ2) is 5.45. The summed E-state index contributed by atoms with van der Waals surface area (Å²) in [6.07, 6.45) is 4.19. The highest BCUT2D eigenvalue weighted by atomic mass is 35.5. The Labute approximate surface area is 119 Å². The van der Waals surface area contributed by atoms with Gasteiger partial charge in [-0.3, -0.25) is 4.79 Å². The van der Waals surface area contributed by atoms with Crippen molar-refractivity contribution in [2.75, 3.05) is 18.0 Å². The molecular formula is C14H20ClN3O. The highest BCUT2D eigenvalue weighted by Gasteiger charge is 2.36. The maximum Gasteiger partial charge on any atom is 0.156 e. The van der Waals surface area contributed by atoms with Gasteiger partial charge < -0.3 is 4.90 Å². The van der Waals surface area contributed by atoms with Crippen LogP contribution in [-0.4, -0.2) is 29.3 Å². The quantitative estimate of drug-likeness (QED) is 0.628. The summed E-state index contributed by atoms with van der Waals surface area (Å²) in [6.45, 7) is 8.12. The number of anilines is 1. The van der Waals surface area contributed by atoms with Crippen LogP contribution < -0.4 is 4.90 Å². The SMILES string of the molecule is CCC1(CC)CCN(c2nc(C)nc(Cl)c2C=O)C1. The maximum atomic E-state index is 11.2. The molecule has 1 saturated heterocycles. The van der Waals surface area contributed by atoms with E-state index in [-0.39, 0.29) is 5.15 Å². The predicted octanol–water partition coefficient (Wildman–Crippen LogP) is 3.27. The smallest absolute Gasteiger partial charge is 0.156 e. The minimum Gasteiger partial charge on any atom is -0.355 e. The van der Waals surface area contributed by atoms with Crippen molar-refractivity contribution in [3.63, 3.8) is 0 Å². The summed E-state index contributed by atoms with van der Waals surface area (Å²) in [5.74, 6) is 1.30. The Hall–Kier alpha value is -1.16. The fourth-order valence-corrected chi connectivity index (χ4v) is 3.07. The second-order valence-electron chi connectivity index (χ2n) is 5.30. The maximum absolute atomic E-state index is 11.2. The predicted molar refractivity (Wildman–Crippen MR) is 77.0 cm³/mol. The molecule has 1 aliphatic heterocycles. The Kier molecular flexibility index (Phi) is 4.09. The van der Waals surface area contributed by atoms with Crippen LogP contribution in [0.5, 0.6) is 0 Å². The Morgan fingerprint density at radius 3 is 2.58 bits per heavy atom. The molecule has 0 N–H and O–H groups in total. The van der Waals surface area contributed by atoms with Gasteiger partial charge in [0.15, 0.2) is 6.29 Å². The number of aryl methyl sites for hydroxylation is 1. The molecule has 0 radical (unpaired) electrons. The largest absolute Gasteiger partial charge is 0.355 e. The fourth-order valence-electron chi connectivity index (χ4n) is 2.82. The van der Waals surface area contributed by atoms with Crippen LogP contribution >= 0.6 is 11.6 Å². The average Bonchev–Trinajstić information content (AvgIpc) is 2.83. The van der Waals surface area contributed by atoms with Gasteiger partial charge in [-0.25, -0.2) is 9.97 Å². The Morgan fingerprint density at radius 2 is 2.05 bits per heavy atom. The first-order valence-electron chi connectivity index (χ1n) is 6.79. The van der Waals surface area contributed by atoms with Gasteiger partial charge in [0.1, 0.15) is 16.8 Å². The lowest BCUT2D eigenvalue weighted by Crippen LogP contribution is -2.28. The molecule has 0 bridgehead atoms. The highest BCUT2D eigenvalue weighted by molar-refractivity contribution is 6.32. The van der Waals surface area contributed by atoms with Gasteiger partial charge in [0, 0.05) is 13.1 Å². The molecule has 1 aromatic heterocycles. The average molecular weight is 282 g/mol. The third-order valence-electron chi connectivity index (χ3n) is 4.35. The molecule has 0 spiro atoms. The van der Waals surface area contributed by atoms with E-state index in [1.807, 2.05) is 0 Å². The van der Waals surface area contributed by atoms with Crippen LogP contribution in [0.2, 0.25) is 5.15 Å². The Bertz CT molecular complexity index is 486. The van der Waals surface area contributed by atoms with E-state index < -0.39 is 0 Å². The van der Waals surface area contributed by atoms with Crippen molar-refractivity contribution in [2.24, 2.45) is 5.41 Å². The van der Waals surface area contributed by atoms with Crippen molar-refractivity contribution < 1.29 is 4.79 Å². The number of nitrogens with zero attached hydrogens (tertiary/aromatic N) is 3. The Morgan fingerprint density at radius 1 is 1.37 bits per heavy atom. The van der Waals surface area contributed by atoms with Crippen molar-refractivity contribution in [1.29, 1.82) is 0 Å². The van der Waals surface area contributed by atoms with E-state index in [1.54, 1.807) is 6.92 Å². The molecule has 2 rings (SSSR count). The van der Waals surface area contributed by atoms with Crippen LogP contribution in [0, 0.1) is 12.3 Å². The molecule has 1 fully saturated rings. The number of halogens is 1. The molecular weight excluding hydrogens is 262 g/mol. The number of hydrogen-bond acceptors (Lipinski definition) is 4. The minimum absolute atomic E-state index is 0.253. The van der Waals surface area contributed by atoms with Crippen molar-refractivity contribution in [3.05, 3.63) is 16.5 Å². The molecule has 0 aliphatic carbocycles. The molecule has 104 valence electrons. The lowest BCUT2D eigenvalue weighted by atomic mass is 9.82. The summed E-state index contributed by atoms with van der Waals surface area (Å²) in [7, 11) is 0. The van der Waals surface area contributed by atoms with E-state index >= 15 is 0 Å².